The quantitative estimate of drug-likeness (QED) is 0.663. The number of benzene rings is 1. The van der Waals surface area contributed by atoms with E-state index in [0.29, 0.717) is 17.9 Å². The maximum atomic E-state index is 11.0. The van der Waals surface area contributed by atoms with Crippen molar-refractivity contribution in [2.24, 2.45) is 0 Å². The van der Waals surface area contributed by atoms with Crippen LogP contribution in [-0.4, -0.2) is 20.4 Å². The Kier molecular flexibility index (Phi) is 3.85. The fourth-order valence-electron chi connectivity index (χ4n) is 1.78. The zero-order valence-electron chi connectivity index (χ0n) is 11.8. The van der Waals surface area contributed by atoms with Gasteiger partial charge in [-0.15, -0.1) is 0 Å². The van der Waals surface area contributed by atoms with Crippen LogP contribution in [0.15, 0.2) is 30.5 Å². The van der Waals surface area contributed by atoms with Gasteiger partial charge >= 0.3 is 0 Å². The van der Waals surface area contributed by atoms with Gasteiger partial charge in [-0.25, -0.2) is 4.98 Å². The van der Waals surface area contributed by atoms with Gasteiger partial charge in [0.2, 0.25) is 0 Å². The number of nitro groups is 1. The molecule has 0 spiro atoms. The van der Waals surface area contributed by atoms with Crippen LogP contribution in [0.2, 0.25) is 0 Å². The molecule has 2 aromatic rings. The third-order valence-corrected chi connectivity index (χ3v) is 2.79. The molecule has 1 heterocycles. The number of nitrogens with one attached hydrogen (secondary N) is 2. The molecule has 2 N–H and O–H groups in total. The maximum absolute atomic E-state index is 11.0. The van der Waals surface area contributed by atoms with Gasteiger partial charge in [0.1, 0.15) is 5.82 Å². The monoisotopic (exact) mass is 274 g/mol. The Labute approximate surface area is 117 Å². The van der Waals surface area contributed by atoms with E-state index in [9.17, 15) is 10.1 Å². The summed E-state index contributed by atoms with van der Waals surface area (Å²) in [5, 5.41) is 14.3. The summed E-state index contributed by atoms with van der Waals surface area (Å²) in [6.45, 7) is 6.86. The first-order valence-corrected chi connectivity index (χ1v) is 6.39. The molecule has 6 heteroatoms. The van der Waals surface area contributed by atoms with Gasteiger partial charge in [-0.1, -0.05) is 12.1 Å². The van der Waals surface area contributed by atoms with E-state index in [-0.39, 0.29) is 11.2 Å². The van der Waals surface area contributed by atoms with Crippen molar-refractivity contribution in [1.29, 1.82) is 0 Å². The molecule has 1 aromatic carbocycles. The lowest BCUT2D eigenvalue weighted by Crippen LogP contribution is -2.35. The highest BCUT2D eigenvalue weighted by atomic mass is 16.6. The number of rotatable bonds is 4. The van der Waals surface area contributed by atoms with Crippen LogP contribution in [0.5, 0.6) is 0 Å². The highest BCUT2D eigenvalue weighted by molar-refractivity contribution is 5.67. The Morgan fingerprint density at radius 1 is 1.35 bits per heavy atom. The smallest absolute Gasteiger partial charge is 0.280 e. The fourth-order valence-corrected chi connectivity index (χ4v) is 1.78. The van der Waals surface area contributed by atoms with Crippen LogP contribution in [0.3, 0.4) is 0 Å². The zero-order valence-corrected chi connectivity index (χ0v) is 11.8. The summed E-state index contributed by atoms with van der Waals surface area (Å²) in [5.74, 6) is 0.517. The number of imidazole rings is 1. The van der Waals surface area contributed by atoms with Crippen LogP contribution in [0.4, 0.5) is 5.69 Å². The Morgan fingerprint density at radius 3 is 2.70 bits per heavy atom. The number of nitro benzene ring substituents is 1. The van der Waals surface area contributed by atoms with Crippen molar-refractivity contribution in [1.82, 2.24) is 15.3 Å². The molecular formula is C14H18N4O2. The third kappa shape index (κ3) is 3.42. The summed E-state index contributed by atoms with van der Waals surface area (Å²) >= 11 is 0. The van der Waals surface area contributed by atoms with E-state index in [0.717, 1.165) is 5.69 Å². The van der Waals surface area contributed by atoms with Gasteiger partial charge in [-0.2, -0.15) is 0 Å². The van der Waals surface area contributed by atoms with E-state index in [1.54, 1.807) is 24.4 Å². The van der Waals surface area contributed by atoms with Crippen LogP contribution >= 0.6 is 0 Å². The van der Waals surface area contributed by atoms with Crippen molar-refractivity contribution in [3.63, 3.8) is 0 Å². The first kappa shape index (κ1) is 14.2. The predicted molar refractivity (Wildman–Crippen MR) is 77.3 cm³/mol. The average Bonchev–Trinajstić information content (AvgIpc) is 2.84. The molecule has 0 aliphatic carbocycles. The van der Waals surface area contributed by atoms with E-state index in [1.165, 1.54) is 6.07 Å². The van der Waals surface area contributed by atoms with E-state index in [2.05, 4.69) is 36.1 Å². The van der Waals surface area contributed by atoms with Crippen molar-refractivity contribution in [3.8, 4) is 11.4 Å². The molecule has 0 amide bonds. The lowest BCUT2D eigenvalue weighted by molar-refractivity contribution is -0.384. The predicted octanol–water partition coefficient (Wildman–Crippen LogP) is 2.87. The minimum atomic E-state index is -0.398. The lowest BCUT2D eigenvalue weighted by Gasteiger charge is -2.19. The van der Waals surface area contributed by atoms with E-state index >= 15 is 0 Å². The van der Waals surface area contributed by atoms with E-state index in [4.69, 9.17) is 0 Å². The molecule has 0 bridgehead atoms. The molecule has 0 radical (unpaired) electrons. The summed E-state index contributed by atoms with van der Waals surface area (Å²) in [5.41, 5.74) is 1.45. The lowest BCUT2D eigenvalue weighted by atomic mass is 10.1. The standard InChI is InChI=1S/C14H18N4O2/c1-14(2,3)16-9-10-8-15-13(17-10)11-6-4-5-7-12(11)18(19)20/h4-8,16H,9H2,1-3H3,(H,15,17). The molecule has 0 unspecified atom stereocenters. The Hall–Kier alpha value is -2.21. The van der Waals surface area contributed by atoms with Gasteiger partial charge in [0.05, 0.1) is 10.5 Å². The number of nitrogens with zero attached hydrogens (tertiary/aromatic N) is 2. The molecule has 106 valence electrons. The van der Waals surface area contributed by atoms with Crippen LogP contribution < -0.4 is 5.32 Å². The van der Waals surface area contributed by atoms with E-state index < -0.39 is 4.92 Å². The Balaban J connectivity index is 2.23. The largest absolute Gasteiger partial charge is 0.341 e. The van der Waals surface area contributed by atoms with Crippen LogP contribution in [-0.2, 0) is 6.54 Å². The topological polar surface area (TPSA) is 83.8 Å². The molecular weight excluding hydrogens is 256 g/mol. The summed E-state index contributed by atoms with van der Waals surface area (Å²) in [7, 11) is 0. The number of aromatic amines is 1. The molecule has 0 aliphatic heterocycles. The molecule has 0 saturated carbocycles. The molecule has 0 fully saturated rings. The van der Waals surface area contributed by atoms with Gasteiger partial charge in [0.15, 0.2) is 0 Å². The fraction of sp³-hybridized carbons (Fsp3) is 0.357. The second-order valence-electron chi connectivity index (χ2n) is 5.63. The molecule has 1 aromatic heterocycles. The van der Waals surface area contributed by atoms with Crippen LogP contribution in [0.1, 0.15) is 26.5 Å². The highest BCUT2D eigenvalue weighted by Gasteiger charge is 2.17. The molecule has 0 saturated heterocycles. The zero-order chi connectivity index (χ0) is 14.8. The summed E-state index contributed by atoms with van der Waals surface area (Å²) in [6, 6.07) is 6.58. The highest BCUT2D eigenvalue weighted by Crippen LogP contribution is 2.26. The minimum Gasteiger partial charge on any atom is -0.341 e. The number of para-hydroxylation sites is 1. The van der Waals surface area contributed by atoms with Gasteiger partial charge in [-0.3, -0.25) is 10.1 Å². The van der Waals surface area contributed by atoms with Crippen LogP contribution in [0.25, 0.3) is 11.4 Å². The second kappa shape index (κ2) is 5.42. The summed E-state index contributed by atoms with van der Waals surface area (Å²) < 4.78 is 0. The molecule has 0 aliphatic rings. The van der Waals surface area contributed by atoms with Crippen molar-refractivity contribution < 1.29 is 4.92 Å². The van der Waals surface area contributed by atoms with Crippen molar-refractivity contribution in [2.45, 2.75) is 32.9 Å². The Morgan fingerprint density at radius 2 is 2.05 bits per heavy atom. The number of hydrogen-bond donors (Lipinski definition) is 2. The SMILES string of the molecule is CC(C)(C)NCc1cnc(-c2ccccc2[N+](=O)[O-])[nH]1. The number of H-pyrrole nitrogens is 1. The third-order valence-electron chi connectivity index (χ3n) is 2.79. The average molecular weight is 274 g/mol. The normalized spacial score (nSPS) is 11.6. The van der Waals surface area contributed by atoms with Crippen molar-refractivity contribution in [2.75, 3.05) is 0 Å². The number of hydrogen-bond acceptors (Lipinski definition) is 4. The number of aromatic nitrogens is 2. The Bertz CT molecular complexity index is 614. The molecule has 2 rings (SSSR count). The summed E-state index contributed by atoms with van der Waals surface area (Å²) in [6.07, 6.45) is 1.70. The maximum Gasteiger partial charge on any atom is 0.280 e. The molecule has 0 atom stereocenters. The van der Waals surface area contributed by atoms with Crippen molar-refractivity contribution >= 4 is 5.69 Å². The second-order valence-corrected chi connectivity index (χ2v) is 5.63. The summed E-state index contributed by atoms with van der Waals surface area (Å²) in [4.78, 5) is 18.0. The molecule has 20 heavy (non-hydrogen) atoms. The van der Waals surface area contributed by atoms with Gasteiger partial charge in [0.25, 0.3) is 5.69 Å². The van der Waals surface area contributed by atoms with E-state index in [1.807, 2.05) is 0 Å². The van der Waals surface area contributed by atoms with Gasteiger partial charge in [0, 0.05) is 30.0 Å². The first-order chi connectivity index (χ1) is 9.37. The molecule has 6 nitrogen and oxygen atoms in total. The van der Waals surface area contributed by atoms with Crippen molar-refractivity contribution in [3.05, 3.63) is 46.3 Å². The first-order valence-electron chi connectivity index (χ1n) is 6.39. The minimum absolute atomic E-state index is 0.00399. The van der Waals surface area contributed by atoms with Gasteiger partial charge in [-0.05, 0) is 26.8 Å². The van der Waals surface area contributed by atoms with Gasteiger partial charge < -0.3 is 10.3 Å². The van der Waals surface area contributed by atoms with Crippen LogP contribution in [0, 0.1) is 10.1 Å².